The number of nitrogens with zero attached hydrogens (tertiary/aromatic N) is 2. The Morgan fingerprint density at radius 1 is 0.854 bits per heavy atom. The fourth-order valence-corrected chi connectivity index (χ4v) is 4.10. The Balaban J connectivity index is 1.96. The van der Waals surface area contributed by atoms with Crippen LogP contribution in [0.4, 0.5) is 49.6 Å². The number of hydrogen-bond donors (Lipinski definition) is 1. The van der Waals surface area contributed by atoms with Gasteiger partial charge in [0.2, 0.25) is 0 Å². The number of hydrogen-bond acceptors (Lipinski definition) is 3. The number of pyridine rings is 1. The van der Waals surface area contributed by atoms with Gasteiger partial charge >= 0.3 is 24.2 Å². The molecule has 41 heavy (non-hydrogen) atoms. The maximum Gasteiger partial charge on any atom is 0.435 e. The van der Waals surface area contributed by atoms with E-state index in [1.807, 2.05) is 0 Å². The Morgan fingerprint density at radius 2 is 1.46 bits per heavy atom. The highest BCUT2D eigenvalue weighted by molar-refractivity contribution is 6.29. The molecule has 0 aliphatic rings. The Labute approximate surface area is 231 Å². The summed E-state index contributed by atoms with van der Waals surface area (Å²) in [6.45, 7) is -0.623. The average Bonchev–Trinajstić information content (AvgIpc) is 2.89. The van der Waals surface area contributed by atoms with Gasteiger partial charge in [-0.1, -0.05) is 54.1 Å². The molecule has 1 aromatic heterocycles. The van der Waals surface area contributed by atoms with Gasteiger partial charge in [0.05, 0.1) is 23.0 Å². The Kier molecular flexibility index (Phi) is 9.16. The van der Waals surface area contributed by atoms with Crippen LogP contribution < -0.4 is 5.32 Å². The average molecular weight is 616 g/mol. The van der Waals surface area contributed by atoms with Gasteiger partial charge in [-0.15, -0.1) is 0 Å². The molecule has 2 aromatic carbocycles. The molecule has 0 atom stereocenters. The number of nitrogens with one attached hydrogen (secondary N) is 1. The van der Waals surface area contributed by atoms with Crippen LogP contribution in [-0.4, -0.2) is 41.7 Å². The molecule has 3 rings (SSSR count). The first-order chi connectivity index (χ1) is 18.9. The summed E-state index contributed by atoms with van der Waals surface area (Å²) in [5, 5.41) is 2.65. The van der Waals surface area contributed by atoms with E-state index in [9.17, 15) is 48.7 Å². The standard InChI is InChI=1S/C26H20ClF10N3O/c1-38-20-13-39-21(27)12-19(20)22(41)40(10-9-15-3-2-4-18(11-15)24(29,30)31)14-16-5-7-17(8-6-16)23(28,25(32,33)34)26(35,36)37/h2-8,11-13,38H,9-10,14H2,1H3. The van der Waals surface area contributed by atoms with Gasteiger partial charge in [0.25, 0.3) is 5.91 Å². The minimum atomic E-state index is -6.30. The van der Waals surface area contributed by atoms with Crippen molar-refractivity contribution in [1.82, 2.24) is 9.88 Å². The van der Waals surface area contributed by atoms with E-state index in [1.165, 1.54) is 31.4 Å². The Bertz CT molecular complexity index is 1360. The summed E-state index contributed by atoms with van der Waals surface area (Å²) in [7, 11) is 1.47. The highest BCUT2D eigenvalue weighted by Gasteiger charge is 2.73. The van der Waals surface area contributed by atoms with Crippen molar-refractivity contribution in [2.45, 2.75) is 37.2 Å². The van der Waals surface area contributed by atoms with E-state index in [1.54, 1.807) is 0 Å². The van der Waals surface area contributed by atoms with Crippen LogP contribution in [0.5, 0.6) is 0 Å². The maximum atomic E-state index is 14.4. The lowest BCUT2D eigenvalue weighted by atomic mass is 9.93. The second-order valence-electron chi connectivity index (χ2n) is 8.83. The van der Waals surface area contributed by atoms with Crippen molar-refractivity contribution in [3.05, 3.63) is 93.8 Å². The molecule has 0 unspecified atom stereocenters. The summed E-state index contributed by atoms with van der Waals surface area (Å²) in [6, 6.07) is 7.74. The normalized spacial score (nSPS) is 12.8. The van der Waals surface area contributed by atoms with E-state index in [4.69, 9.17) is 11.6 Å². The molecule has 0 radical (unpaired) electrons. The van der Waals surface area contributed by atoms with Crippen LogP contribution in [0, 0.1) is 0 Å². The van der Waals surface area contributed by atoms with Crippen LogP contribution in [0.2, 0.25) is 5.15 Å². The third-order valence-electron chi connectivity index (χ3n) is 6.09. The minimum Gasteiger partial charge on any atom is -0.386 e. The molecule has 0 bridgehead atoms. The van der Waals surface area contributed by atoms with Gasteiger partial charge in [0.15, 0.2) is 0 Å². The van der Waals surface area contributed by atoms with Crippen LogP contribution in [-0.2, 0) is 24.8 Å². The number of benzene rings is 2. The van der Waals surface area contributed by atoms with Crippen molar-refractivity contribution in [2.75, 3.05) is 18.9 Å². The fraction of sp³-hybridized carbons (Fsp3) is 0.308. The molecule has 222 valence electrons. The molecule has 15 heteroatoms. The van der Waals surface area contributed by atoms with Gasteiger partial charge in [-0.25, -0.2) is 9.37 Å². The Morgan fingerprint density at radius 3 is 2.00 bits per heavy atom. The van der Waals surface area contributed by atoms with Crippen LogP contribution in [0.3, 0.4) is 0 Å². The lowest BCUT2D eigenvalue weighted by molar-refractivity contribution is -0.348. The lowest BCUT2D eigenvalue weighted by Crippen LogP contribution is -2.50. The predicted octanol–water partition coefficient (Wildman–Crippen LogP) is 7.97. The first kappa shape index (κ1) is 32.0. The summed E-state index contributed by atoms with van der Waals surface area (Å²) in [6.07, 6.45) is -16.1. The zero-order valence-corrected chi connectivity index (χ0v) is 21.6. The molecule has 0 fully saturated rings. The number of halogens is 11. The monoisotopic (exact) mass is 615 g/mol. The lowest BCUT2D eigenvalue weighted by Gasteiger charge is -2.30. The molecule has 0 aliphatic carbocycles. The van der Waals surface area contributed by atoms with E-state index in [0.29, 0.717) is 12.1 Å². The molecule has 1 heterocycles. The zero-order chi connectivity index (χ0) is 30.8. The molecular weight excluding hydrogens is 596 g/mol. The van der Waals surface area contributed by atoms with Crippen LogP contribution in [0.25, 0.3) is 0 Å². The molecule has 1 amide bonds. The summed E-state index contributed by atoms with van der Waals surface area (Å²) in [5.74, 6) is -0.722. The zero-order valence-electron chi connectivity index (χ0n) is 20.9. The molecular formula is C26H20ClF10N3O. The van der Waals surface area contributed by atoms with Gasteiger partial charge in [-0.3, -0.25) is 4.79 Å². The van der Waals surface area contributed by atoms with Crippen molar-refractivity contribution in [2.24, 2.45) is 0 Å². The SMILES string of the molecule is CNc1cnc(Cl)cc1C(=O)N(CCc1cccc(C(F)(F)F)c1)Cc1ccc(C(F)(C(F)(F)F)C(F)(F)F)cc1. The van der Waals surface area contributed by atoms with Crippen molar-refractivity contribution in [3.63, 3.8) is 0 Å². The van der Waals surface area contributed by atoms with Crippen LogP contribution in [0.1, 0.15) is 32.6 Å². The number of alkyl halides is 10. The number of carbonyl (C=O) groups is 1. The van der Waals surface area contributed by atoms with Gasteiger partial charge in [0, 0.05) is 25.7 Å². The highest BCUT2D eigenvalue weighted by Crippen LogP contribution is 2.53. The van der Waals surface area contributed by atoms with Crippen LogP contribution in [0.15, 0.2) is 60.8 Å². The van der Waals surface area contributed by atoms with Crippen LogP contribution >= 0.6 is 11.6 Å². The maximum absolute atomic E-state index is 14.4. The number of anilines is 1. The highest BCUT2D eigenvalue weighted by atomic mass is 35.5. The quantitative estimate of drug-likeness (QED) is 0.207. The van der Waals surface area contributed by atoms with Crippen molar-refractivity contribution < 1.29 is 48.7 Å². The molecule has 0 aliphatic heterocycles. The van der Waals surface area contributed by atoms with Gasteiger partial charge in [0.1, 0.15) is 5.15 Å². The Hall–Kier alpha value is -3.55. The largest absolute Gasteiger partial charge is 0.435 e. The van der Waals surface area contributed by atoms with E-state index in [2.05, 4.69) is 10.3 Å². The summed E-state index contributed by atoms with van der Waals surface area (Å²) in [4.78, 5) is 18.4. The van der Waals surface area contributed by atoms with E-state index in [0.717, 1.165) is 29.2 Å². The smallest absolute Gasteiger partial charge is 0.386 e. The summed E-state index contributed by atoms with van der Waals surface area (Å²) >= 11 is 5.91. The second-order valence-corrected chi connectivity index (χ2v) is 9.22. The molecule has 0 saturated carbocycles. The molecule has 3 aromatic rings. The van der Waals surface area contributed by atoms with Crippen molar-refractivity contribution >= 4 is 23.2 Å². The summed E-state index contributed by atoms with van der Waals surface area (Å²) < 4.78 is 133. The molecule has 0 spiro atoms. The number of carbonyl (C=O) groups excluding carboxylic acids is 1. The minimum absolute atomic E-state index is 0.00918. The summed E-state index contributed by atoms with van der Waals surface area (Å²) in [5.41, 5.74) is -7.84. The van der Waals surface area contributed by atoms with Crippen molar-refractivity contribution in [1.29, 1.82) is 0 Å². The third kappa shape index (κ3) is 7.03. The van der Waals surface area contributed by atoms with E-state index >= 15 is 0 Å². The fourth-order valence-electron chi connectivity index (χ4n) is 3.94. The number of rotatable bonds is 8. The first-order valence-corrected chi connectivity index (χ1v) is 12.0. The van der Waals surface area contributed by atoms with Gasteiger partial charge < -0.3 is 10.2 Å². The van der Waals surface area contributed by atoms with E-state index in [-0.39, 0.29) is 40.5 Å². The topological polar surface area (TPSA) is 45.2 Å². The number of aromatic nitrogens is 1. The second kappa shape index (κ2) is 11.7. The van der Waals surface area contributed by atoms with E-state index < -0.39 is 47.8 Å². The first-order valence-electron chi connectivity index (χ1n) is 11.6. The molecule has 0 saturated heterocycles. The molecule has 1 N–H and O–H groups in total. The van der Waals surface area contributed by atoms with Gasteiger partial charge in [-0.2, -0.15) is 39.5 Å². The van der Waals surface area contributed by atoms with Gasteiger partial charge in [-0.05, 0) is 29.7 Å². The molecule has 4 nitrogen and oxygen atoms in total. The third-order valence-corrected chi connectivity index (χ3v) is 6.30. The number of amides is 1. The predicted molar refractivity (Wildman–Crippen MR) is 130 cm³/mol. The van der Waals surface area contributed by atoms with Crippen molar-refractivity contribution in [3.8, 4) is 0 Å².